The van der Waals surface area contributed by atoms with E-state index >= 15 is 0 Å². The van der Waals surface area contributed by atoms with Crippen LogP contribution in [0.1, 0.15) is 41.5 Å². The van der Waals surface area contributed by atoms with Gasteiger partial charge in [0.1, 0.15) is 11.6 Å². The van der Waals surface area contributed by atoms with Crippen molar-refractivity contribution in [3.05, 3.63) is 24.5 Å². The van der Waals surface area contributed by atoms with Gasteiger partial charge in [-0.25, -0.2) is 0 Å². The van der Waals surface area contributed by atoms with E-state index in [9.17, 15) is 0 Å². The average molecular weight is 434 g/mol. The van der Waals surface area contributed by atoms with Gasteiger partial charge in [-0.15, -0.1) is 0 Å². The van der Waals surface area contributed by atoms with E-state index in [-0.39, 0.29) is 0 Å². The van der Waals surface area contributed by atoms with Gasteiger partial charge in [-0.2, -0.15) is 10.2 Å². The van der Waals surface area contributed by atoms with Crippen LogP contribution in [0.2, 0.25) is 0 Å². The molecular formula is C16H31IN6. The van der Waals surface area contributed by atoms with Gasteiger partial charge in [0.25, 0.3) is 0 Å². The SMILES string of the molecule is CC(C)I.CCn1nccc1N.CCn1nccc1NC(C)C. The molecule has 0 spiro atoms. The summed E-state index contributed by atoms with van der Waals surface area (Å²) in [5.74, 6) is 1.83. The van der Waals surface area contributed by atoms with E-state index in [1.807, 2.05) is 23.9 Å². The Bertz CT molecular complexity index is 515. The molecule has 0 saturated heterocycles. The molecule has 0 aromatic carbocycles. The van der Waals surface area contributed by atoms with Crippen LogP contribution < -0.4 is 11.1 Å². The zero-order valence-corrected chi connectivity index (χ0v) is 17.3. The minimum absolute atomic E-state index is 0.469. The number of halogens is 1. The number of nitrogens with one attached hydrogen (secondary N) is 1. The predicted octanol–water partition coefficient (Wildman–Crippen LogP) is 4.04. The number of rotatable bonds is 4. The summed E-state index contributed by atoms with van der Waals surface area (Å²) in [6.07, 6.45) is 3.51. The second kappa shape index (κ2) is 12.2. The van der Waals surface area contributed by atoms with E-state index in [0.717, 1.165) is 28.6 Å². The monoisotopic (exact) mass is 434 g/mol. The number of hydrogen-bond acceptors (Lipinski definition) is 4. The minimum atomic E-state index is 0.469. The molecule has 0 aliphatic heterocycles. The third kappa shape index (κ3) is 10.2. The molecular weight excluding hydrogens is 403 g/mol. The van der Waals surface area contributed by atoms with Crippen molar-refractivity contribution in [1.82, 2.24) is 19.6 Å². The van der Waals surface area contributed by atoms with E-state index in [0.29, 0.717) is 6.04 Å². The van der Waals surface area contributed by atoms with Crippen molar-refractivity contribution in [2.24, 2.45) is 0 Å². The van der Waals surface area contributed by atoms with Crippen LogP contribution in [0.15, 0.2) is 24.5 Å². The summed E-state index contributed by atoms with van der Waals surface area (Å²) in [7, 11) is 0. The van der Waals surface area contributed by atoms with Crippen LogP contribution in [-0.2, 0) is 13.1 Å². The van der Waals surface area contributed by atoms with Crippen molar-refractivity contribution < 1.29 is 0 Å². The Morgan fingerprint density at radius 2 is 1.52 bits per heavy atom. The highest BCUT2D eigenvalue weighted by Crippen LogP contribution is 2.06. The third-order valence-electron chi connectivity index (χ3n) is 2.50. The topological polar surface area (TPSA) is 73.7 Å². The van der Waals surface area contributed by atoms with Gasteiger partial charge in [-0.1, -0.05) is 36.4 Å². The number of aryl methyl sites for hydroxylation is 2. The fraction of sp³-hybridized carbons (Fsp3) is 0.625. The van der Waals surface area contributed by atoms with Gasteiger partial charge in [-0.05, 0) is 33.8 Å². The fourth-order valence-corrected chi connectivity index (χ4v) is 1.61. The quantitative estimate of drug-likeness (QED) is 0.563. The third-order valence-corrected chi connectivity index (χ3v) is 2.50. The Morgan fingerprint density at radius 3 is 1.87 bits per heavy atom. The molecule has 2 aromatic rings. The van der Waals surface area contributed by atoms with Crippen LogP contribution in [0.25, 0.3) is 0 Å². The number of hydrogen-bond donors (Lipinski definition) is 2. The standard InChI is InChI=1S/C8H15N3.C5H9N3.C3H7I/c1-4-11-8(5-6-9-11)10-7(2)3;1-2-8-5(6)3-4-7-8;1-3(2)4/h5-7,10H,4H2,1-3H3;3-4H,2,6H2,1H3;3H,1-2H3. The van der Waals surface area contributed by atoms with Gasteiger partial charge in [0, 0.05) is 29.1 Å². The molecule has 0 fully saturated rings. The Kier molecular flexibility index (Phi) is 11.5. The summed E-state index contributed by atoms with van der Waals surface area (Å²) in [6, 6.07) is 4.24. The minimum Gasteiger partial charge on any atom is -0.384 e. The van der Waals surface area contributed by atoms with Crippen LogP contribution in [0.5, 0.6) is 0 Å². The maximum Gasteiger partial charge on any atom is 0.124 e. The summed E-state index contributed by atoms with van der Waals surface area (Å²) in [5, 5.41) is 11.4. The molecule has 2 aromatic heterocycles. The second-order valence-electron chi connectivity index (χ2n) is 5.42. The van der Waals surface area contributed by atoms with Gasteiger partial charge in [-0.3, -0.25) is 9.36 Å². The summed E-state index contributed by atoms with van der Waals surface area (Å²) >= 11 is 2.34. The van der Waals surface area contributed by atoms with Crippen LogP contribution in [0.4, 0.5) is 11.6 Å². The van der Waals surface area contributed by atoms with Crippen LogP contribution in [-0.4, -0.2) is 29.5 Å². The molecule has 0 atom stereocenters. The lowest BCUT2D eigenvalue weighted by atomic mass is 10.4. The molecule has 0 aliphatic rings. The number of nitrogens with two attached hydrogens (primary N) is 1. The lowest BCUT2D eigenvalue weighted by Gasteiger charge is -2.10. The highest BCUT2D eigenvalue weighted by Gasteiger charge is 1.99. The van der Waals surface area contributed by atoms with Crippen molar-refractivity contribution in [3.8, 4) is 0 Å². The maximum absolute atomic E-state index is 5.45. The predicted molar refractivity (Wildman–Crippen MR) is 108 cm³/mol. The van der Waals surface area contributed by atoms with Crippen LogP contribution >= 0.6 is 22.6 Å². The van der Waals surface area contributed by atoms with Crippen molar-refractivity contribution >= 4 is 34.2 Å². The van der Waals surface area contributed by atoms with Crippen LogP contribution in [0, 0.1) is 0 Å². The molecule has 7 heteroatoms. The van der Waals surface area contributed by atoms with E-state index in [1.54, 1.807) is 16.9 Å². The summed E-state index contributed by atoms with van der Waals surface area (Å²) in [5.41, 5.74) is 5.45. The molecule has 0 aliphatic carbocycles. The number of alkyl halides is 1. The lowest BCUT2D eigenvalue weighted by molar-refractivity contribution is 0.658. The molecule has 0 bridgehead atoms. The number of nitrogen functional groups attached to an aromatic ring is 1. The van der Waals surface area contributed by atoms with Gasteiger partial charge < -0.3 is 11.1 Å². The van der Waals surface area contributed by atoms with E-state index < -0.39 is 0 Å². The molecule has 0 unspecified atom stereocenters. The number of anilines is 2. The highest BCUT2D eigenvalue weighted by atomic mass is 127. The Morgan fingerprint density at radius 1 is 1.04 bits per heavy atom. The first kappa shape index (κ1) is 21.8. The fourth-order valence-electron chi connectivity index (χ4n) is 1.61. The molecule has 0 amide bonds. The highest BCUT2D eigenvalue weighted by molar-refractivity contribution is 14.1. The van der Waals surface area contributed by atoms with Crippen molar-refractivity contribution in [1.29, 1.82) is 0 Å². The molecule has 0 saturated carbocycles. The van der Waals surface area contributed by atoms with E-state index in [4.69, 9.17) is 5.73 Å². The smallest absolute Gasteiger partial charge is 0.124 e. The first-order valence-corrected chi connectivity index (χ1v) is 9.25. The molecule has 0 radical (unpaired) electrons. The zero-order valence-electron chi connectivity index (χ0n) is 15.1. The molecule has 2 heterocycles. The van der Waals surface area contributed by atoms with Crippen molar-refractivity contribution in [2.45, 2.75) is 64.6 Å². The lowest BCUT2D eigenvalue weighted by Crippen LogP contribution is -2.13. The molecule has 23 heavy (non-hydrogen) atoms. The van der Waals surface area contributed by atoms with Gasteiger partial charge in [0.15, 0.2) is 0 Å². The maximum atomic E-state index is 5.45. The van der Waals surface area contributed by atoms with Crippen molar-refractivity contribution in [3.63, 3.8) is 0 Å². The number of nitrogens with zero attached hydrogens (tertiary/aromatic N) is 4. The first-order chi connectivity index (χ1) is 10.8. The summed E-state index contributed by atoms with van der Waals surface area (Å²) < 4.78 is 4.48. The molecule has 2 rings (SSSR count). The Balaban J connectivity index is 0.000000354. The molecule has 3 N–H and O–H groups in total. The summed E-state index contributed by atoms with van der Waals surface area (Å²) in [6.45, 7) is 14.4. The van der Waals surface area contributed by atoms with Crippen LogP contribution in [0.3, 0.4) is 0 Å². The molecule has 6 nitrogen and oxygen atoms in total. The molecule has 132 valence electrons. The van der Waals surface area contributed by atoms with E-state index in [2.05, 4.69) is 72.7 Å². The normalized spacial score (nSPS) is 9.96. The second-order valence-corrected chi connectivity index (χ2v) is 7.91. The number of aromatic nitrogens is 4. The zero-order chi connectivity index (χ0) is 17.8. The van der Waals surface area contributed by atoms with E-state index in [1.165, 1.54) is 0 Å². The largest absolute Gasteiger partial charge is 0.384 e. The average Bonchev–Trinajstić information content (AvgIpc) is 3.06. The Labute approximate surface area is 154 Å². The van der Waals surface area contributed by atoms with Gasteiger partial charge in [0.2, 0.25) is 0 Å². The Hall–Kier alpha value is -1.25. The van der Waals surface area contributed by atoms with Gasteiger partial charge in [0.05, 0.1) is 12.4 Å². The summed E-state index contributed by atoms with van der Waals surface area (Å²) in [4.78, 5) is 0. The van der Waals surface area contributed by atoms with Crippen molar-refractivity contribution in [2.75, 3.05) is 11.1 Å². The van der Waals surface area contributed by atoms with Gasteiger partial charge >= 0.3 is 0 Å². The first-order valence-electron chi connectivity index (χ1n) is 8.01.